The summed E-state index contributed by atoms with van der Waals surface area (Å²) in [4.78, 5) is 22.8. The van der Waals surface area contributed by atoms with Gasteiger partial charge in [0.2, 0.25) is 11.8 Å². The van der Waals surface area contributed by atoms with E-state index in [9.17, 15) is 14.0 Å². The van der Waals surface area contributed by atoms with Crippen molar-refractivity contribution in [3.8, 4) is 0 Å². The molecule has 1 aromatic carbocycles. The molecule has 1 aliphatic rings. The maximum Gasteiger partial charge on any atom is 0.241 e. The molecule has 0 saturated carbocycles. The number of benzene rings is 1. The minimum Gasteiger partial charge on any atom is -0.325 e. The molecular formula is C13H17ClFN3O2. The Bertz CT molecular complexity index is 504. The van der Waals surface area contributed by atoms with Crippen LogP contribution in [0.4, 0.5) is 15.8 Å². The van der Waals surface area contributed by atoms with Crippen LogP contribution in [0, 0.1) is 5.82 Å². The molecule has 1 heterocycles. The Kier molecular flexibility index (Phi) is 5.91. The molecule has 0 unspecified atom stereocenters. The van der Waals surface area contributed by atoms with Crippen LogP contribution in [0.2, 0.25) is 0 Å². The zero-order valence-corrected chi connectivity index (χ0v) is 11.8. The fraction of sp³-hybridized carbons (Fsp3) is 0.385. The molecule has 1 aliphatic heterocycles. The van der Waals surface area contributed by atoms with Crippen LogP contribution in [0.25, 0.3) is 0 Å². The minimum absolute atomic E-state index is 0. The molecule has 3 N–H and O–H groups in total. The van der Waals surface area contributed by atoms with E-state index >= 15 is 0 Å². The number of hydrogen-bond acceptors (Lipinski definition) is 3. The summed E-state index contributed by atoms with van der Waals surface area (Å²) in [6, 6.07) is 3.88. The molecule has 110 valence electrons. The van der Waals surface area contributed by atoms with Gasteiger partial charge in [-0.15, -0.1) is 12.4 Å². The van der Waals surface area contributed by atoms with Gasteiger partial charge in [-0.3, -0.25) is 9.59 Å². The number of rotatable bonds is 3. The number of halogens is 2. The van der Waals surface area contributed by atoms with Crippen molar-refractivity contribution in [1.82, 2.24) is 5.32 Å². The Hall–Kier alpha value is -1.66. The average molecular weight is 302 g/mol. The molecule has 0 radical (unpaired) electrons. The maximum absolute atomic E-state index is 13.4. The van der Waals surface area contributed by atoms with Gasteiger partial charge in [-0.05, 0) is 37.6 Å². The molecule has 20 heavy (non-hydrogen) atoms. The van der Waals surface area contributed by atoms with E-state index in [1.807, 2.05) is 0 Å². The van der Waals surface area contributed by atoms with Crippen LogP contribution in [0.15, 0.2) is 18.2 Å². The molecule has 2 rings (SSSR count). The predicted molar refractivity (Wildman–Crippen MR) is 77.6 cm³/mol. The van der Waals surface area contributed by atoms with Gasteiger partial charge < -0.3 is 16.0 Å². The smallest absolute Gasteiger partial charge is 0.241 e. The second-order valence-electron chi connectivity index (χ2n) is 4.51. The number of hydrogen-bond donors (Lipinski definition) is 3. The van der Waals surface area contributed by atoms with E-state index in [0.717, 1.165) is 19.4 Å². The van der Waals surface area contributed by atoms with E-state index in [4.69, 9.17) is 0 Å². The number of anilines is 2. The van der Waals surface area contributed by atoms with E-state index in [2.05, 4.69) is 16.0 Å². The first kappa shape index (κ1) is 16.4. The first-order chi connectivity index (χ1) is 9.06. The van der Waals surface area contributed by atoms with Crippen LogP contribution < -0.4 is 16.0 Å². The van der Waals surface area contributed by atoms with Crippen LogP contribution in [0.1, 0.15) is 19.8 Å². The fourth-order valence-corrected chi connectivity index (χ4v) is 2.03. The Morgan fingerprint density at radius 2 is 2.10 bits per heavy atom. The van der Waals surface area contributed by atoms with Gasteiger partial charge in [0.1, 0.15) is 5.82 Å². The lowest BCUT2D eigenvalue weighted by atomic mass is 10.2. The summed E-state index contributed by atoms with van der Waals surface area (Å²) in [5.74, 6) is -1.04. The normalized spacial score (nSPS) is 17.2. The quantitative estimate of drug-likeness (QED) is 0.798. The van der Waals surface area contributed by atoms with Gasteiger partial charge in [0.15, 0.2) is 0 Å². The van der Waals surface area contributed by atoms with Crippen LogP contribution in [-0.2, 0) is 9.59 Å². The highest BCUT2D eigenvalue weighted by molar-refractivity contribution is 5.96. The third kappa shape index (κ3) is 4.18. The highest BCUT2D eigenvalue weighted by Gasteiger charge is 2.22. The van der Waals surface area contributed by atoms with E-state index in [0.29, 0.717) is 5.69 Å². The van der Waals surface area contributed by atoms with Crippen LogP contribution >= 0.6 is 12.4 Å². The lowest BCUT2D eigenvalue weighted by Gasteiger charge is -2.12. The molecular weight excluding hydrogens is 285 g/mol. The highest BCUT2D eigenvalue weighted by atomic mass is 35.5. The summed E-state index contributed by atoms with van der Waals surface area (Å²) < 4.78 is 13.4. The third-order valence-corrected chi connectivity index (χ3v) is 2.92. The SMILES string of the molecule is CC(=O)Nc1cc(NC(=O)[C@@H]2CCCN2)ccc1F.Cl. The molecule has 0 aliphatic carbocycles. The van der Waals surface area contributed by atoms with Gasteiger partial charge in [-0.2, -0.15) is 0 Å². The molecule has 0 aromatic heterocycles. The van der Waals surface area contributed by atoms with Crippen molar-refractivity contribution in [3.05, 3.63) is 24.0 Å². The van der Waals surface area contributed by atoms with E-state index < -0.39 is 5.82 Å². The van der Waals surface area contributed by atoms with Gasteiger partial charge in [0.25, 0.3) is 0 Å². The highest BCUT2D eigenvalue weighted by Crippen LogP contribution is 2.20. The zero-order chi connectivity index (χ0) is 13.8. The van der Waals surface area contributed by atoms with Gasteiger partial charge in [0.05, 0.1) is 11.7 Å². The Balaban J connectivity index is 0.00000200. The Morgan fingerprint density at radius 1 is 1.35 bits per heavy atom. The van der Waals surface area contributed by atoms with Crippen LogP contribution in [0.5, 0.6) is 0 Å². The molecule has 1 aromatic rings. The molecule has 5 nitrogen and oxygen atoms in total. The summed E-state index contributed by atoms with van der Waals surface area (Å²) in [5.41, 5.74) is 0.522. The monoisotopic (exact) mass is 301 g/mol. The van der Waals surface area contributed by atoms with Crippen LogP contribution in [-0.4, -0.2) is 24.4 Å². The van der Waals surface area contributed by atoms with Crippen molar-refractivity contribution in [2.45, 2.75) is 25.8 Å². The molecule has 7 heteroatoms. The largest absolute Gasteiger partial charge is 0.325 e. The molecule has 0 bridgehead atoms. The molecule has 1 atom stereocenters. The third-order valence-electron chi connectivity index (χ3n) is 2.92. The van der Waals surface area contributed by atoms with Gasteiger partial charge in [-0.25, -0.2) is 4.39 Å². The van der Waals surface area contributed by atoms with Crippen molar-refractivity contribution >= 4 is 35.6 Å². The van der Waals surface area contributed by atoms with Crippen molar-refractivity contribution in [1.29, 1.82) is 0 Å². The lowest BCUT2D eigenvalue weighted by molar-refractivity contribution is -0.117. The molecule has 1 fully saturated rings. The van der Waals surface area contributed by atoms with Crippen molar-refractivity contribution in [2.24, 2.45) is 0 Å². The standard InChI is InChI=1S/C13H16FN3O2.ClH/c1-8(18)16-12-7-9(4-5-10(12)14)17-13(19)11-3-2-6-15-11;/h4-5,7,11,15H,2-3,6H2,1H3,(H,16,18)(H,17,19);1H/t11-;/m0./s1. The number of amides is 2. The average Bonchev–Trinajstić information content (AvgIpc) is 2.86. The Labute approximate surface area is 122 Å². The van der Waals surface area contributed by atoms with E-state index in [1.165, 1.54) is 25.1 Å². The van der Waals surface area contributed by atoms with E-state index in [-0.39, 0.29) is 36.0 Å². The van der Waals surface area contributed by atoms with E-state index in [1.54, 1.807) is 0 Å². The Morgan fingerprint density at radius 3 is 2.70 bits per heavy atom. The summed E-state index contributed by atoms with van der Waals surface area (Å²) in [5, 5.41) is 8.16. The minimum atomic E-state index is -0.535. The lowest BCUT2D eigenvalue weighted by Crippen LogP contribution is -2.35. The maximum atomic E-state index is 13.4. The molecule has 1 saturated heterocycles. The van der Waals surface area contributed by atoms with Crippen molar-refractivity contribution in [2.75, 3.05) is 17.2 Å². The summed E-state index contributed by atoms with van der Waals surface area (Å²) in [7, 11) is 0. The number of nitrogens with one attached hydrogen (secondary N) is 3. The summed E-state index contributed by atoms with van der Waals surface area (Å²) in [6.45, 7) is 2.13. The second-order valence-corrected chi connectivity index (χ2v) is 4.51. The molecule has 0 spiro atoms. The predicted octanol–water partition coefficient (Wildman–Crippen LogP) is 1.90. The zero-order valence-electron chi connectivity index (χ0n) is 11.0. The summed E-state index contributed by atoms with van der Waals surface area (Å²) in [6.07, 6.45) is 1.77. The van der Waals surface area contributed by atoms with Crippen LogP contribution in [0.3, 0.4) is 0 Å². The van der Waals surface area contributed by atoms with Gasteiger partial charge in [0, 0.05) is 12.6 Å². The second kappa shape index (κ2) is 7.21. The van der Waals surface area contributed by atoms with Crippen molar-refractivity contribution < 1.29 is 14.0 Å². The summed E-state index contributed by atoms with van der Waals surface area (Å²) >= 11 is 0. The van der Waals surface area contributed by atoms with Crippen molar-refractivity contribution in [3.63, 3.8) is 0 Å². The first-order valence-electron chi connectivity index (χ1n) is 6.17. The number of carbonyl (C=O) groups is 2. The van der Waals surface area contributed by atoms with Gasteiger partial charge >= 0.3 is 0 Å². The first-order valence-corrected chi connectivity index (χ1v) is 6.17. The fourth-order valence-electron chi connectivity index (χ4n) is 2.03. The topological polar surface area (TPSA) is 70.2 Å². The molecule has 2 amide bonds. The number of carbonyl (C=O) groups excluding carboxylic acids is 2. The van der Waals surface area contributed by atoms with Gasteiger partial charge in [-0.1, -0.05) is 0 Å².